The molecule has 0 aliphatic heterocycles. The average Bonchev–Trinajstić information content (AvgIpc) is 2.98. The summed E-state index contributed by atoms with van der Waals surface area (Å²) in [4.78, 5) is 4.54. The highest BCUT2D eigenvalue weighted by molar-refractivity contribution is 5.08. The van der Waals surface area contributed by atoms with E-state index in [1.165, 1.54) is 0 Å². The van der Waals surface area contributed by atoms with Crippen LogP contribution in [0.1, 0.15) is 58.2 Å². The Labute approximate surface area is 108 Å². The van der Waals surface area contributed by atoms with Gasteiger partial charge < -0.3 is 15.0 Å². The number of aromatic nitrogens is 2. The molecule has 18 heavy (non-hydrogen) atoms. The van der Waals surface area contributed by atoms with E-state index in [1.807, 2.05) is 20.8 Å². The highest BCUT2D eigenvalue weighted by Gasteiger charge is 2.41. The van der Waals surface area contributed by atoms with Gasteiger partial charge in [0.1, 0.15) is 5.60 Å². The predicted octanol–water partition coefficient (Wildman–Crippen LogP) is 2.11. The SMILES string of the molecule is CCOC1(c2noc(C(C)(C)CN)n2)CCCC1. The molecule has 0 spiro atoms. The molecule has 1 fully saturated rings. The number of rotatable bonds is 5. The van der Waals surface area contributed by atoms with Crippen molar-refractivity contribution in [2.75, 3.05) is 13.2 Å². The lowest BCUT2D eigenvalue weighted by molar-refractivity contribution is -0.0469. The molecule has 1 aliphatic rings. The van der Waals surface area contributed by atoms with Crippen LogP contribution in [0.25, 0.3) is 0 Å². The predicted molar refractivity (Wildman–Crippen MR) is 68.2 cm³/mol. The molecule has 1 aromatic heterocycles. The average molecular weight is 253 g/mol. The van der Waals surface area contributed by atoms with Gasteiger partial charge in [0, 0.05) is 13.2 Å². The van der Waals surface area contributed by atoms with Gasteiger partial charge in [0.25, 0.3) is 0 Å². The Kier molecular flexibility index (Phi) is 3.73. The van der Waals surface area contributed by atoms with Crippen molar-refractivity contribution in [3.05, 3.63) is 11.7 Å². The van der Waals surface area contributed by atoms with Crippen LogP contribution in [-0.2, 0) is 15.8 Å². The fourth-order valence-corrected chi connectivity index (χ4v) is 2.43. The van der Waals surface area contributed by atoms with Crippen LogP contribution in [0.5, 0.6) is 0 Å². The molecule has 1 heterocycles. The van der Waals surface area contributed by atoms with Crippen LogP contribution >= 0.6 is 0 Å². The topological polar surface area (TPSA) is 74.2 Å². The minimum Gasteiger partial charge on any atom is -0.367 e. The first-order chi connectivity index (χ1) is 8.54. The van der Waals surface area contributed by atoms with Crippen LogP contribution in [0.2, 0.25) is 0 Å². The van der Waals surface area contributed by atoms with Gasteiger partial charge >= 0.3 is 0 Å². The molecule has 0 aromatic carbocycles. The first kappa shape index (κ1) is 13.5. The molecule has 5 heteroatoms. The van der Waals surface area contributed by atoms with E-state index in [-0.39, 0.29) is 11.0 Å². The lowest BCUT2D eigenvalue weighted by Crippen LogP contribution is -2.30. The largest absolute Gasteiger partial charge is 0.367 e. The van der Waals surface area contributed by atoms with Crippen LogP contribution in [0, 0.1) is 0 Å². The highest BCUT2D eigenvalue weighted by Crippen LogP contribution is 2.41. The molecule has 0 amide bonds. The molecule has 102 valence electrons. The van der Waals surface area contributed by atoms with Crippen molar-refractivity contribution in [1.29, 1.82) is 0 Å². The molecule has 2 rings (SSSR count). The molecule has 0 atom stereocenters. The third-order valence-corrected chi connectivity index (χ3v) is 3.75. The third kappa shape index (κ3) is 2.29. The van der Waals surface area contributed by atoms with Crippen molar-refractivity contribution in [3.63, 3.8) is 0 Å². The van der Waals surface area contributed by atoms with Gasteiger partial charge in [-0.2, -0.15) is 4.98 Å². The van der Waals surface area contributed by atoms with Crippen molar-refractivity contribution in [2.24, 2.45) is 5.73 Å². The minimum absolute atomic E-state index is 0.280. The molecule has 5 nitrogen and oxygen atoms in total. The molecule has 0 saturated heterocycles. The van der Waals surface area contributed by atoms with Crippen LogP contribution < -0.4 is 5.73 Å². The fraction of sp³-hybridized carbons (Fsp3) is 0.846. The summed E-state index contributed by atoms with van der Waals surface area (Å²) in [6.07, 6.45) is 4.26. The maximum atomic E-state index is 5.92. The van der Waals surface area contributed by atoms with Crippen LogP contribution in [-0.4, -0.2) is 23.3 Å². The Morgan fingerprint density at radius 3 is 2.61 bits per heavy atom. The first-order valence-electron chi connectivity index (χ1n) is 6.73. The quantitative estimate of drug-likeness (QED) is 0.870. The number of nitrogens with two attached hydrogens (primary N) is 1. The Hall–Kier alpha value is -0.940. The Morgan fingerprint density at radius 2 is 2.06 bits per heavy atom. The zero-order chi connectivity index (χ0) is 13.2. The van der Waals surface area contributed by atoms with Gasteiger partial charge in [0.15, 0.2) is 0 Å². The second kappa shape index (κ2) is 4.97. The van der Waals surface area contributed by atoms with E-state index in [1.54, 1.807) is 0 Å². The zero-order valence-electron chi connectivity index (χ0n) is 11.5. The molecule has 1 aliphatic carbocycles. The van der Waals surface area contributed by atoms with Crippen LogP contribution in [0.3, 0.4) is 0 Å². The Morgan fingerprint density at radius 1 is 1.39 bits per heavy atom. The van der Waals surface area contributed by atoms with Gasteiger partial charge in [0.05, 0.1) is 5.41 Å². The van der Waals surface area contributed by atoms with Crippen molar-refractivity contribution < 1.29 is 9.26 Å². The van der Waals surface area contributed by atoms with E-state index in [0.29, 0.717) is 24.9 Å². The molecule has 0 bridgehead atoms. The van der Waals surface area contributed by atoms with Gasteiger partial charge in [0.2, 0.25) is 11.7 Å². The van der Waals surface area contributed by atoms with Gasteiger partial charge in [-0.3, -0.25) is 0 Å². The summed E-state index contributed by atoms with van der Waals surface area (Å²) in [6.45, 7) is 7.17. The number of hydrogen-bond acceptors (Lipinski definition) is 5. The summed E-state index contributed by atoms with van der Waals surface area (Å²) in [7, 11) is 0. The molecule has 1 aromatic rings. The summed E-state index contributed by atoms with van der Waals surface area (Å²) in [5, 5.41) is 4.14. The molecular formula is C13H23N3O2. The van der Waals surface area contributed by atoms with Crippen molar-refractivity contribution >= 4 is 0 Å². The van der Waals surface area contributed by atoms with Crippen LogP contribution in [0.4, 0.5) is 0 Å². The molecule has 0 unspecified atom stereocenters. The van der Waals surface area contributed by atoms with Crippen molar-refractivity contribution in [1.82, 2.24) is 10.1 Å². The van der Waals surface area contributed by atoms with Gasteiger partial charge in [-0.15, -0.1) is 0 Å². The summed E-state index contributed by atoms with van der Waals surface area (Å²) in [5.74, 6) is 1.30. The van der Waals surface area contributed by atoms with Gasteiger partial charge in [-0.25, -0.2) is 0 Å². The van der Waals surface area contributed by atoms with E-state index in [4.69, 9.17) is 15.0 Å². The second-order valence-electron chi connectivity index (χ2n) is 5.65. The summed E-state index contributed by atoms with van der Waals surface area (Å²) in [6, 6.07) is 0. The fourth-order valence-electron chi connectivity index (χ4n) is 2.43. The minimum atomic E-state index is -0.332. The Bertz CT molecular complexity index is 395. The van der Waals surface area contributed by atoms with Crippen molar-refractivity contribution in [3.8, 4) is 0 Å². The molecule has 2 N–H and O–H groups in total. The van der Waals surface area contributed by atoms with Crippen LogP contribution in [0.15, 0.2) is 4.52 Å². The summed E-state index contributed by atoms with van der Waals surface area (Å²) in [5.41, 5.74) is 5.12. The van der Waals surface area contributed by atoms with E-state index >= 15 is 0 Å². The summed E-state index contributed by atoms with van der Waals surface area (Å²) < 4.78 is 11.3. The zero-order valence-corrected chi connectivity index (χ0v) is 11.5. The smallest absolute Gasteiger partial charge is 0.233 e. The molecular weight excluding hydrogens is 230 g/mol. The second-order valence-corrected chi connectivity index (χ2v) is 5.65. The third-order valence-electron chi connectivity index (χ3n) is 3.75. The van der Waals surface area contributed by atoms with E-state index in [2.05, 4.69) is 10.1 Å². The number of ether oxygens (including phenoxy) is 1. The molecule has 1 saturated carbocycles. The standard InChI is InChI=1S/C13H23N3O2/c1-4-17-13(7-5-6-8-13)10-15-11(18-16-10)12(2,3)9-14/h4-9,14H2,1-3H3. The first-order valence-corrected chi connectivity index (χ1v) is 6.73. The maximum absolute atomic E-state index is 5.92. The lowest BCUT2D eigenvalue weighted by atomic mass is 9.93. The number of hydrogen-bond donors (Lipinski definition) is 1. The monoisotopic (exact) mass is 253 g/mol. The van der Waals surface area contributed by atoms with Crippen molar-refractivity contribution in [2.45, 2.75) is 57.5 Å². The van der Waals surface area contributed by atoms with E-state index < -0.39 is 0 Å². The number of nitrogens with zero attached hydrogens (tertiary/aromatic N) is 2. The van der Waals surface area contributed by atoms with Gasteiger partial charge in [-0.1, -0.05) is 5.16 Å². The lowest BCUT2D eigenvalue weighted by Gasteiger charge is -2.25. The normalized spacial score (nSPS) is 19.3. The highest BCUT2D eigenvalue weighted by atomic mass is 16.5. The van der Waals surface area contributed by atoms with Gasteiger partial charge in [-0.05, 0) is 46.5 Å². The van der Waals surface area contributed by atoms with E-state index in [0.717, 1.165) is 25.7 Å². The Balaban J connectivity index is 2.28. The van der Waals surface area contributed by atoms with E-state index in [9.17, 15) is 0 Å². The molecule has 0 radical (unpaired) electrons. The maximum Gasteiger partial charge on any atom is 0.233 e. The summed E-state index contributed by atoms with van der Waals surface area (Å²) >= 11 is 0.